The van der Waals surface area contributed by atoms with E-state index in [1.54, 1.807) is 55.6 Å². The van der Waals surface area contributed by atoms with Gasteiger partial charge in [-0.25, -0.2) is 4.79 Å². The Hall–Kier alpha value is -5.05. The normalized spacial score (nSPS) is 16.3. The van der Waals surface area contributed by atoms with Gasteiger partial charge in [0, 0.05) is 29.2 Å². The summed E-state index contributed by atoms with van der Waals surface area (Å²) < 4.78 is 15.7. The smallest absolute Gasteiger partial charge is 0.337 e. The van der Waals surface area contributed by atoms with E-state index >= 15 is 0 Å². The van der Waals surface area contributed by atoms with Gasteiger partial charge in [0.1, 0.15) is 17.3 Å². The quantitative estimate of drug-likeness (QED) is 0.129. The summed E-state index contributed by atoms with van der Waals surface area (Å²) in [6.07, 6.45) is 2.32. The lowest BCUT2D eigenvalue weighted by Gasteiger charge is -2.25. The van der Waals surface area contributed by atoms with Crippen LogP contribution in [0.1, 0.15) is 40.0 Å². The molecule has 1 aliphatic rings. The number of benzene rings is 3. The molecule has 0 radical (unpaired) electrons. The van der Waals surface area contributed by atoms with Gasteiger partial charge in [-0.15, -0.1) is 0 Å². The first-order valence-electron chi connectivity index (χ1n) is 13.2. The first-order valence-corrected chi connectivity index (χ1v) is 13.2. The molecule has 1 saturated heterocycles. The number of aliphatic hydroxyl groups excluding tert-OH is 1. The van der Waals surface area contributed by atoms with Crippen LogP contribution < -0.4 is 9.47 Å². The van der Waals surface area contributed by atoms with E-state index in [0.717, 1.165) is 16.5 Å². The minimum atomic E-state index is -0.868. The highest BCUT2D eigenvalue weighted by atomic mass is 16.5. The van der Waals surface area contributed by atoms with Gasteiger partial charge in [-0.1, -0.05) is 12.1 Å². The van der Waals surface area contributed by atoms with Gasteiger partial charge in [0.2, 0.25) is 0 Å². The Morgan fingerprint density at radius 3 is 2.29 bits per heavy atom. The molecule has 5 rings (SSSR count). The second kappa shape index (κ2) is 11.6. The molecule has 210 valence electrons. The molecule has 0 spiro atoms. The van der Waals surface area contributed by atoms with Crippen molar-refractivity contribution in [3.05, 3.63) is 101 Å². The van der Waals surface area contributed by atoms with Gasteiger partial charge >= 0.3 is 5.97 Å². The topological polar surface area (TPSA) is 118 Å². The van der Waals surface area contributed by atoms with Gasteiger partial charge in [-0.3, -0.25) is 9.59 Å². The lowest BCUT2D eigenvalue weighted by Crippen LogP contribution is -2.31. The van der Waals surface area contributed by atoms with Crippen molar-refractivity contribution in [2.75, 3.05) is 27.4 Å². The van der Waals surface area contributed by atoms with Crippen molar-refractivity contribution in [2.24, 2.45) is 0 Å². The molecule has 1 fully saturated rings. The Kier molecular flexibility index (Phi) is 7.78. The van der Waals surface area contributed by atoms with Crippen LogP contribution in [0.25, 0.3) is 16.7 Å². The van der Waals surface area contributed by atoms with E-state index in [0.29, 0.717) is 41.2 Å². The SMILES string of the molecule is CCOc1ccc(C(O)=C2C(=O)C(=O)N(CCc3c[nH]c4ccc(OC)cc34)[C@H]2c2ccc(C(=O)OC)cc2)cc1. The lowest BCUT2D eigenvalue weighted by molar-refractivity contribution is -0.139. The maximum absolute atomic E-state index is 13.4. The second-order valence-corrected chi connectivity index (χ2v) is 9.54. The number of hydrogen-bond acceptors (Lipinski definition) is 7. The highest BCUT2D eigenvalue weighted by Crippen LogP contribution is 2.40. The number of esters is 1. The molecule has 0 aliphatic carbocycles. The van der Waals surface area contributed by atoms with E-state index in [9.17, 15) is 19.5 Å². The fourth-order valence-electron chi connectivity index (χ4n) is 5.14. The van der Waals surface area contributed by atoms with Crippen molar-refractivity contribution in [1.29, 1.82) is 0 Å². The first kappa shape index (κ1) is 27.5. The third-order valence-electron chi connectivity index (χ3n) is 7.22. The van der Waals surface area contributed by atoms with Gasteiger partial charge in [0.05, 0.1) is 38.0 Å². The minimum Gasteiger partial charge on any atom is -0.507 e. The van der Waals surface area contributed by atoms with E-state index in [1.165, 1.54) is 12.0 Å². The number of Topliss-reactive ketones (excluding diaryl/α,β-unsaturated/α-hetero) is 1. The summed E-state index contributed by atoms with van der Waals surface area (Å²) in [7, 11) is 2.89. The molecular formula is C32H30N2O7. The molecule has 1 aliphatic heterocycles. The molecule has 3 aromatic carbocycles. The number of hydrogen-bond donors (Lipinski definition) is 2. The van der Waals surface area contributed by atoms with E-state index < -0.39 is 23.7 Å². The van der Waals surface area contributed by atoms with Gasteiger partial charge in [0.15, 0.2) is 0 Å². The number of fused-ring (bicyclic) bond motifs is 1. The zero-order chi connectivity index (χ0) is 29.1. The number of nitrogens with one attached hydrogen (secondary N) is 1. The predicted molar refractivity (Wildman–Crippen MR) is 153 cm³/mol. The van der Waals surface area contributed by atoms with Crippen molar-refractivity contribution >= 4 is 34.3 Å². The summed E-state index contributed by atoms with van der Waals surface area (Å²) in [5.74, 6) is -0.951. The number of amides is 1. The van der Waals surface area contributed by atoms with Crippen molar-refractivity contribution < 1.29 is 33.7 Å². The van der Waals surface area contributed by atoms with Crippen molar-refractivity contribution in [1.82, 2.24) is 9.88 Å². The fraction of sp³-hybridized carbons (Fsp3) is 0.219. The number of likely N-dealkylation sites (tertiary alicyclic amines) is 1. The molecule has 1 amide bonds. The van der Waals surface area contributed by atoms with E-state index in [-0.39, 0.29) is 17.9 Å². The number of ether oxygens (including phenoxy) is 3. The first-order chi connectivity index (χ1) is 19.9. The van der Waals surface area contributed by atoms with Crippen molar-refractivity contribution in [2.45, 2.75) is 19.4 Å². The highest BCUT2D eigenvalue weighted by molar-refractivity contribution is 6.46. The number of methoxy groups -OCH3 is 2. The molecular weight excluding hydrogens is 524 g/mol. The Balaban J connectivity index is 1.54. The Bertz CT molecular complexity index is 1640. The highest BCUT2D eigenvalue weighted by Gasteiger charge is 2.46. The number of aliphatic hydroxyl groups is 1. The molecule has 1 atom stereocenters. The van der Waals surface area contributed by atoms with Crippen LogP contribution >= 0.6 is 0 Å². The third kappa shape index (κ3) is 5.26. The molecule has 4 aromatic rings. The largest absolute Gasteiger partial charge is 0.507 e. The number of H-pyrrole nitrogens is 1. The number of rotatable bonds is 9. The summed E-state index contributed by atoms with van der Waals surface area (Å²) in [6, 6.07) is 18.0. The zero-order valence-corrected chi connectivity index (χ0v) is 23.0. The molecule has 1 aromatic heterocycles. The number of carbonyl (C=O) groups excluding carboxylic acids is 3. The standard InChI is InChI=1S/C32H30N2O7/c1-4-41-23-11-9-20(10-12-23)29(35)27-28(19-5-7-21(8-6-19)32(38)40-3)34(31(37)30(27)36)16-15-22-18-33-26-14-13-24(39-2)17-25(22)26/h5-14,17-18,28,33,35H,4,15-16H2,1-3H3/t28-/m0/s1. The molecule has 9 nitrogen and oxygen atoms in total. The van der Waals surface area contributed by atoms with Crippen molar-refractivity contribution in [3.8, 4) is 11.5 Å². The van der Waals surface area contributed by atoms with Gasteiger partial charge in [-0.05, 0) is 79.1 Å². The lowest BCUT2D eigenvalue weighted by atomic mass is 9.94. The molecule has 2 heterocycles. The number of aromatic nitrogens is 1. The Labute approximate surface area is 236 Å². The van der Waals surface area contributed by atoms with Gasteiger partial charge in [0.25, 0.3) is 11.7 Å². The van der Waals surface area contributed by atoms with Crippen molar-refractivity contribution in [3.63, 3.8) is 0 Å². The summed E-state index contributed by atoms with van der Waals surface area (Å²) in [6.45, 7) is 2.56. The second-order valence-electron chi connectivity index (χ2n) is 9.54. The number of nitrogens with zero attached hydrogens (tertiary/aromatic N) is 1. The summed E-state index contributed by atoms with van der Waals surface area (Å²) >= 11 is 0. The average Bonchev–Trinajstić information content (AvgIpc) is 3.52. The predicted octanol–water partition coefficient (Wildman–Crippen LogP) is 5.03. The summed E-state index contributed by atoms with van der Waals surface area (Å²) in [4.78, 5) is 43.6. The molecule has 0 unspecified atom stereocenters. The monoisotopic (exact) mass is 554 g/mol. The van der Waals surface area contributed by atoms with Crippen LogP contribution in [0.3, 0.4) is 0 Å². The maximum atomic E-state index is 13.4. The number of aromatic amines is 1. The van der Waals surface area contributed by atoms with Gasteiger partial charge in [-0.2, -0.15) is 0 Å². The summed E-state index contributed by atoms with van der Waals surface area (Å²) in [5, 5.41) is 12.3. The van der Waals surface area contributed by atoms with Crippen LogP contribution in [-0.2, 0) is 20.7 Å². The number of carbonyl (C=O) groups is 3. The van der Waals surface area contributed by atoms with Crippen LogP contribution in [-0.4, -0.2) is 60.0 Å². The van der Waals surface area contributed by atoms with E-state index in [1.807, 2.05) is 31.3 Å². The maximum Gasteiger partial charge on any atom is 0.337 e. The number of ketones is 1. The van der Waals surface area contributed by atoms with Crippen LogP contribution in [0.4, 0.5) is 0 Å². The van der Waals surface area contributed by atoms with Gasteiger partial charge < -0.3 is 29.2 Å². The molecule has 0 bridgehead atoms. The average molecular weight is 555 g/mol. The Morgan fingerprint density at radius 1 is 0.951 bits per heavy atom. The Morgan fingerprint density at radius 2 is 1.63 bits per heavy atom. The molecule has 0 saturated carbocycles. The molecule has 9 heteroatoms. The minimum absolute atomic E-state index is 0.0226. The zero-order valence-electron chi connectivity index (χ0n) is 23.0. The molecule has 2 N–H and O–H groups in total. The molecule has 41 heavy (non-hydrogen) atoms. The van der Waals surface area contributed by atoms with Crippen LogP contribution in [0.15, 0.2) is 78.5 Å². The van der Waals surface area contributed by atoms with Crippen LogP contribution in [0.5, 0.6) is 11.5 Å². The van der Waals surface area contributed by atoms with Crippen LogP contribution in [0.2, 0.25) is 0 Å². The third-order valence-corrected chi connectivity index (χ3v) is 7.22. The fourth-order valence-corrected chi connectivity index (χ4v) is 5.14. The van der Waals surface area contributed by atoms with E-state index in [4.69, 9.17) is 14.2 Å². The van der Waals surface area contributed by atoms with Crippen LogP contribution in [0, 0.1) is 0 Å². The van der Waals surface area contributed by atoms with E-state index in [2.05, 4.69) is 4.98 Å². The summed E-state index contributed by atoms with van der Waals surface area (Å²) in [5.41, 5.74) is 3.13.